The quantitative estimate of drug-likeness (QED) is 0.230. The van der Waals surface area contributed by atoms with Gasteiger partial charge in [0.1, 0.15) is 5.82 Å². The van der Waals surface area contributed by atoms with Crippen LogP contribution in [0.4, 0.5) is 11.5 Å². The number of methoxy groups -OCH3 is 1. The van der Waals surface area contributed by atoms with Gasteiger partial charge in [0.15, 0.2) is 0 Å². The SMILES string of the molecule is COc1nc(-c2cccc(-c3cccc(Nc4nccc5cnn(C)c(=O)c45)c3C)c2Cl)ccc1CN1CC2C(C1)C2C(=O)O. The van der Waals surface area contributed by atoms with Crippen molar-refractivity contribution >= 4 is 39.8 Å². The highest BCUT2D eigenvalue weighted by Crippen LogP contribution is 2.52. The molecule has 5 aromatic rings. The summed E-state index contributed by atoms with van der Waals surface area (Å²) in [6, 6.07) is 17.5. The zero-order valence-corrected chi connectivity index (χ0v) is 25.7. The van der Waals surface area contributed by atoms with Crippen LogP contribution in [0.2, 0.25) is 5.02 Å². The summed E-state index contributed by atoms with van der Waals surface area (Å²) < 4.78 is 6.99. The van der Waals surface area contributed by atoms with E-state index >= 15 is 0 Å². The number of hydrogen-bond acceptors (Lipinski definition) is 8. The number of hydrogen-bond donors (Lipinski definition) is 2. The maximum atomic E-state index is 12.9. The molecule has 0 radical (unpaired) electrons. The zero-order chi connectivity index (χ0) is 31.4. The lowest BCUT2D eigenvalue weighted by atomic mass is 9.96. The number of aryl methyl sites for hydroxylation is 1. The van der Waals surface area contributed by atoms with Crippen molar-refractivity contribution in [3.05, 3.63) is 93.5 Å². The van der Waals surface area contributed by atoms with Crippen molar-refractivity contribution in [1.82, 2.24) is 24.6 Å². The molecule has 2 N–H and O–H groups in total. The number of nitrogens with zero attached hydrogens (tertiary/aromatic N) is 5. The monoisotopic (exact) mass is 622 g/mol. The number of rotatable bonds is 8. The van der Waals surface area contributed by atoms with Crippen LogP contribution >= 0.6 is 11.6 Å². The van der Waals surface area contributed by atoms with Crippen molar-refractivity contribution < 1.29 is 14.6 Å². The lowest BCUT2D eigenvalue weighted by molar-refractivity contribution is -0.139. The van der Waals surface area contributed by atoms with Crippen molar-refractivity contribution in [2.75, 3.05) is 25.5 Å². The number of fused-ring (bicyclic) bond motifs is 2. The molecule has 7 rings (SSSR count). The molecule has 1 aliphatic heterocycles. The lowest BCUT2D eigenvalue weighted by Crippen LogP contribution is -2.26. The number of aromatic nitrogens is 4. The van der Waals surface area contributed by atoms with Crippen LogP contribution in [0.5, 0.6) is 5.88 Å². The molecule has 1 saturated carbocycles. The summed E-state index contributed by atoms with van der Waals surface area (Å²) in [4.78, 5) is 35.8. The number of aliphatic carboxylic acids is 1. The number of piperidine rings is 1. The number of carboxylic acids is 1. The van der Waals surface area contributed by atoms with E-state index in [1.165, 1.54) is 4.68 Å². The fourth-order valence-corrected chi connectivity index (χ4v) is 6.99. The van der Waals surface area contributed by atoms with Crippen molar-refractivity contribution in [3.8, 4) is 28.3 Å². The lowest BCUT2D eigenvalue weighted by Gasteiger charge is -2.20. The topological polar surface area (TPSA) is 122 Å². The third-order valence-electron chi connectivity index (χ3n) is 9.09. The number of halogens is 1. The van der Waals surface area contributed by atoms with Gasteiger partial charge in [-0.25, -0.2) is 14.6 Å². The van der Waals surface area contributed by atoms with Crippen LogP contribution in [-0.4, -0.2) is 55.9 Å². The molecule has 2 aliphatic rings. The van der Waals surface area contributed by atoms with E-state index in [1.54, 1.807) is 32.6 Å². The van der Waals surface area contributed by atoms with Gasteiger partial charge in [-0.15, -0.1) is 0 Å². The molecule has 2 aromatic carbocycles. The molecule has 2 fully saturated rings. The third-order valence-corrected chi connectivity index (χ3v) is 9.50. The second kappa shape index (κ2) is 11.3. The first-order valence-corrected chi connectivity index (χ1v) is 15.1. The number of pyridine rings is 2. The molecule has 2 unspecified atom stereocenters. The molecule has 2 atom stereocenters. The number of carboxylic acid groups (broad SMARTS) is 1. The van der Waals surface area contributed by atoms with Crippen molar-refractivity contribution in [1.29, 1.82) is 0 Å². The molecule has 1 aliphatic carbocycles. The summed E-state index contributed by atoms with van der Waals surface area (Å²) >= 11 is 7.09. The van der Waals surface area contributed by atoms with Gasteiger partial charge in [0.25, 0.3) is 5.56 Å². The minimum atomic E-state index is -0.683. The summed E-state index contributed by atoms with van der Waals surface area (Å²) in [6.07, 6.45) is 3.30. The van der Waals surface area contributed by atoms with E-state index in [0.717, 1.165) is 46.6 Å². The van der Waals surface area contributed by atoms with E-state index in [2.05, 4.69) is 20.3 Å². The number of ether oxygens (including phenoxy) is 1. The molecule has 0 amide bonds. The van der Waals surface area contributed by atoms with Gasteiger partial charge in [0, 0.05) is 60.6 Å². The van der Waals surface area contributed by atoms with Gasteiger partial charge < -0.3 is 15.2 Å². The molecule has 0 bridgehead atoms. The van der Waals surface area contributed by atoms with Crippen LogP contribution in [0.25, 0.3) is 33.2 Å². The van der Waals surface area contributed by atoms with Crippen LogP contribution in [0.3, 0.4) is 0 Å². The molecule has 1 saturated heterocycles. The molecular weight excluding hydrogens is 592 g/mol. The first-order chi connectivity index (χ1) is 21.7. The van der Waals surface area contributed by atoms with Gasteiger partial charge in [-0.1, -0.05) is 48.0 Å². The number of likely N-dealkylation sites (tertiary alicyclic amines) is 1. The fourth-order valence-electron chi connectivity index (χ4n) is 6.66. The molecule has 45 heavy (non-hydrogen) atoms. The van der Waals surface area contributed by atoms with Gasteiger partial charge in [-0.05, 0) is 48.1 Å². The van der Waals surface area contributed by atoms with Crippen molar-refractivity contribution in [2.45, 2.75) is 13.5 Å². The van der Waals surface area contributed by atoms with E-state index in [0.29, 0.717) is 39.7 Å². The average Bonchev–Trinajstić information content (AvgIpc) is 3.56. The Kier molecular flexibility index (Phi) is 7.26. The number of benzene rings is 2. The Morgan fingerprint density at radius 3 is 2.56 bits per heavy atom. The highest BCUT2D eigenvalue weighted by Gasteiger charge is 2.59. The van der Waals surface area contributed by atoms with E-state index in [-0.39, 0.29) is 23.3 Å². The Morgan fingerprint density at radius 2 is 1.80 bits per heavy atom. The van der Waals surface area contributed by atoms with Crippen LogP contribution in [-0.2, 0) is 18.4 Å². The Morgan fingerprint density at radius 1 is 1.07 bits per heavy atom. The van der Waals surface area contributed by atoms with E-state index in [4.69, 9.17) is 21.3 Å². The maximum Gasteiger partial charge on any atom is 0.307 e. The maximum absolute atomic E-state index is 12.9. The molecule has 4 heterocycles. The first kappa shape index (κ1) is 28.9. The number of anilines is 2. The Bertz CT molecular complexity index is 2030. The molecule has 10 nitrogen and oxygen atoms in total. The summed E-state index contributed by atoms with van der Waals surface area (Å²) in [5, 5.41) is 18.6. The predicted molar refractivity (Wildman–Crippen MR) is 173 cm³/mol. The van der Waals surface area contributed by atoms with Crippen LogP contribution in [0, 0.1) is 24.7 Å². The third kappa shape index (κ3) is 5.09. The van der Waals surface area contributed by atoms with E-state index in [1.807, 2.05) is 55.5 Å². The highest BCUT2D eigenvalue weighted by molar-refractivity contribution is 6.36. The molecule has 3 aromatic heterocycles. The minimum absolute atomic E-state index is 0.195. The van der Waals surface area contributed by atoms with Gasteiger partial charge in [-0.3, -0.25) is 14.5 Å². The number of nitrogens with one attached hydrogen (secondary N) is 1. The van der Waals surface area contributed by atoms with Crippen LogP contribution in [0.1, 0.15) is 11.1 Å². The minimum Gasteiger partial charge on any atom is -0.481 e. The van der Waals surface area contributed by atoms with Crippen molar-refractivity contribution in [2.24, 2.45) is 24.8 Å². The standard InChI is InChI=1S/C34H31ClN6O4/c1-18-21(6-5-9-26(18)38-31-28-19(12-13-36-31)14-37-40(2)33(28)42)22-7-4-8-23(30(22)35)27-11-10-20(32(39-27)45-3)15-41-16-24-25(17-41)29(24)34(43)44/h4-14,24-25,29H,15-17H2,1-3H3,(H,36,38)(H,43,44). The highest BCUT2D eigenvalue weighted by atomic mass is 35.5. The molecule has 228 valence electrons. The second-order valence-corrected chi connectivity index (χ2v) is 12.1. The van der Waals surface area contributed by atoms with Crippen molar-refractivity contribution in [3.63, 3.8) is 0 Å². The molecule has 11 heteroatoms. The Labute approximate surface area is 264 Å². The summed E-state index contributed by atoms with van der Waals surface area (Å²) in [7, 11) is 3.22. The van der Waals surface area contributed by atoms with Crippen LogP contribution in [0.15, 0.2) is 71.8 Å². The average molecular weight is 623 g/mol. The van der Waals surface area contributed by atoms with E-state index < -0.39 is 5.97 Å². The Hall–Kier alpha value is -4.80. The largest absolute Gasteiger partial charge is 0.481 e. The second-order valence-electron chi connectivity index (χ2n) is 11.7. The summed E-state index contributed by atoms with van der Waals surface area (Å²) in [6.45, 7) is 4.20. The fraction of sp³-hybridized carbons (Fsp3) is 0.265. The Balaban J connectivity index is 1.17. The first-order valence-electron chi connectivity index (χ1n) is 14.7. The normalized spacial score (nSPS) is 19.0. The van der Waals surface area contributed by atoms with Gasteiger partial charge >= 0.3 is 5.97 Å². The van der Waals surface area contributed by atoms with Gasteiger partial charge in [-0.2, -0.15) is 5.10 Å². The molecular formula is C34H31ClN6O4. The van der Waals surface area contributed by atoms with Gasteiger partial charge in [0.2, 0.25) is 5.88 Å². The van der Waals surface area contributed by atoms with E-state index in [9.17, 15) is 14.7 Å². The summed E-state index contributed by atoms with van der Waals surface area (Å²) in [5.41, 5.74) is 5.69. The predicted octanol–water partition coefficient (Wildman–Crippen LogP) is 5.53. The number of carbonyl (C=O) groups is 1. The zero-order valence-electron chi connectivity index (χ0n) is 25.0. The van der Waals surface area contributed by atoms with Gasteiger partial charge in [0.05, 0.1) is 35.3 Å². The smallest absolute Gasteiger partial charge is 0.307 e. The molecule has 0 spiro atoms. The van der Waals surface area contributed by atoms with Crippen LogP contribution < -0.4 is 15.6 Å². The summed E-state index contributed by atoms with van der Waals surface area (Å²) in [5.74, 6) is 0.590.